The monoisotopic (exact) mass is 396 g/mol. The van der Waals surface area contributed by atoms with Crippen molar-refractivity contribution in [1.82, 2.24) is 9.97 Å². The molecule has 0 spiro atoms. The van der Waals surface area contributed by atoms with E-state index < -0.39 is 11.4 Å². The molecular formula is C21H21FN4O3. The molecule has 0 radical (unpaired) electrons. The zero-order valence-corrected chi connectivity index (χ0v) is 15.9. The van der Waals surface area contributed by atoms with Crippen LogP contribution >= 0.6 is 0 Å². The Morgan fingerprint density at radius 2 is 1.86 bits per heavy atom. The Balaban J connectivity index is 1.48. The minimum absolute atomic E-state index is 0.00347. The van der Waals surface area contributed by atoms with Gasteiger partial charge in [0.1, 0.15) is 18.8 Å². The maximum atomic E-state index is 14.2. The number of halogens is 1. The zero-order valence-electron chi connectivity index (χ0n) is 15.9. The van der Waals surface area contributed by atoms with E-state index in [1.54, 1.807) is 25.1 Å². The molecule has 3 aromatic rings. The third-order valence-electron chi connectivity index (χ3n) is 4.54. The Morgan fingerprint density at radius 3 is 2.66 bits per heavy atom. The van der Waals surface area contributed by atoms with Gasteiger partial charge in [-0.3, -0.25) is 0 Å². The Labute approximate surface area is 167 Å². The van der Waals surface area contributed by atoms with Crippen molar-refractivity contribution < 1.29 is 19.0 Å². The minimum Gasteiger partial charge on any atom is -0.486 e. The molecule has 3 N–H and O–H groups in total. The molecule has 0 saturated carbocycles. The average Bonchev–Trinajstić information content (AvgIpc) is 2.75. The number of benzene rings is 2. The fourth-order valence-corrected chi connectivity index (χ4v) is 2.96. The van der Waals surface area contributed by atoms with Crippen LogP contribution in [0.15, 0.2) is 54.7 Å². The maximum absolute atomic E-state index is 14.2. The second kappa shape index (κ2) is 7.92. The van der Waals surface area contributed by atoms with Gasteiger partial charge in [0.15, 0.2) is 23.1 Å². The Kier molecular flexibility index (Phi) is 5.18. The summed E-state index contributed by atoms with van der Waals surface area (Å²) >= 11 is 0. The fourth-order valence-electron chi connectivity index (χ4n) is 2.96. The molecule has 2 aromatic carbocycles. The molecule has 1 atom stereocenters. The first-order chi connectivity index (χ1) is 14.0. The lowest BCUT2D eigenvalue weighted by Crippen LogP contribution is -2.31. The standard InChI is InChI=1S/C21H21FN4O3/c1-21(27,14-5-3-2-4-6-14)13-24-19-16(22)12-23-20(26-19)25-15-7-8-17-18(11-15)29-10-9-28-17/h2-8,11-12,27H,9-10,13H2,1H3,(H2,23,24,25,26)/t21-/m0/s1. The Bertz CT molecular complexity index is 998. The van der Waals surface area contributed by atoms with Crippen LogP contribution in [0.4, 0.5) is 21.8 Å². The van der Waals surface area contributed by atoms with E-state index in [9.17, 15) is 9.50 Å². The molecule has 1 aliphatic rings. The summed E-state index contributed by atoms with van der Waals surface area (Å²) in [6.45, 7) is 2.73. The van der Waals surface area contributed by atoms with Crippen molar-refractivity contribution >= 4 is 17.5 Å². The molecule has 7 nitrogen and oxygen atoms in total. The highest BCUT2D eigenvalue weighted by Gasteiger charge is 2.23. The molecule has 150 valence electrons. The summed E-state index contributed by atoms with van der Waals surface area (Å²) in [6.07, 6.45) is 1.08. The van der Waals surface area contributed by atoms with Gasteiger partial charge in [-0.1, -0.05) is 30.3 Å². The number of fused-ring (bicyclic) bond motifs is 1. The molecular weight excluding hydrogens is 375 g/mol. The van der Waals surface area contributed by atoms with E-state index in [0.717, 1.165) is 11.8 Å². The number of hydrogen-bond acceptors (Lipinski definition) is 7. The number of nitrogens with zero attached hydrogens (tertiary/aromatic N) is 2. The highest BCUT2D eigenvalue weighted by molar-refractivity contribution is 5.60. The quantitative estimate of drug-likeness (QED) is 0.588. The van der Waals surface area contributed by atoms with Gasteiger partial charge in [0.05, 0.1) is 6.20 Å². The van der Waals surface area contributed by atoms with Crippen LogP contribution in [0, 0.1) is 5.82 Å². The van der Waals surface area contributed by atoms with Gasteiger partial charge in [-0.25, -0.2) is 9.37 Å². The molecule has 4 rings (SSSR count). The second-order valence-electron chi connectivity index (χ2n) is 6.87. The largest absolute Gasteiger partial charge is 0.486 e. The van der Waals surface area contributed by atoms with Crippen molar-refractivity contribution in [2.45, 2.75) is 12.5 Å². The van der Waals surface area contributed by atoms with Gasteiger partial charge in [-0.05, 0) is 24.6 Å². The molecule has 0 amide bonds. The predicted octanol–water partition coefficient (Wildman–Crippen LogP) is 3.45. The molecule has 0 saturated heterocycles. The molecule has 0 bridgehead atoms. The first kappa shape index (κ1) is 18.9. The number of aliphatic hydroxyl groups is 1. The van der Waals surface area contributed by atoms with Crippen LogP contribution in [0.25, 0.3) is 0 Å². The summed E-state index contributed by atoms with van der Waals surface area (Å²) in [5.41, 5.74) is 0.210. The predicted molar refractivity (Wildman–Crippen MR) is 107 cm³/mol. The van der Waals surface area contributed by atoms with Crippen molar-refractivity contribution in [3.8, 4) is 11.5 Å². The van der Waals surface area contributed by atoms with Gasteiger partial charge in [-0.15, -0.1) is 0 Å². The van der Waals surface area contributed by atoms with Crippen molar-refractivity contribution in [2.75, 3.05) is 30.4 Å². The van der Waals surface area contributed by atoms with Gasteiger partial charge in [0, 0.05) is 18.3 Å². The third-order valence-corrected chi connectivity index (χ3v) is 4.54. The smallest absolute Gasteiger partial charge is 0.229 e. The summed E-state index contributed by atoms with van der Waals surface area (Å²) in [5, 5.41) is 16.6. The highest BCUT2D eigenvalue weighted by atomic mass is 19.1. The van der Waals surface area contributed by atoms with Crippen molar-refractivity contribution in [1.29, 1.82) is 0 Å². The third kappa shape index (κ3) is 4.38. The number of rotatable bonds is 6. The highest BCUT2D eigenvalue weighted by Crippen LogP contribution is 2.33. The summed E-state index contributed by atoms with van der Waals surface area (Å²) in [7, 11) is 0. The van der Waals surface area contributed by atoms with Crippen LogP contribution in [0.3, 0.4) is 0 Å². The Morgan fingerprint density at radius 1 is 1.10 bits per heavy atom. The van der Waals surface area contributed by atoms with Crippen LogP contribution in [0.2, 0.25) is 0 Å². The van der Waals surface area contributed by atoms with E-state index >= 15 is 0 Å². The van der Waals surface area contributed by atoms with Gasteiger partial charge in [0.2, 0.25) is 5.95 Å². The van der Waals surface area contributed by atoms with E-state index in [1.807, 2.05) is 30.3 Å². The van der Waals surface area contributed by atoms with E-state index in [-0.39, 0.29) is 18.3 Å². The van der Waals surface area contributed by atoms with Gasteiger partial charge < -0.3 is 25.2 Å². The lowest BCUT2D eigenvalue weighted by Gasteiger charge is -2.24. The van der Waals surface area contributed by atoms with Gasteiger partial charge in [-0.2, -0.15) is 4.98 Å². The van der Waals surface area contributed by atoms with Crippen LogP contribution in [-0.2, 0) is 5.60 Å². The van der Waals surface area contributed by atoms with Crippen LogP contribution in [0.1, 0.15) is 12.5 Å². The van der Waals surface area contributed by atoms with Crippen LogP contribution in [0.5, 0.6) is 11.5 Å². The Hall–Kier alpha value is -3.39. The molecule has 0 unspecified atom stereocenters. The topological polar surface area (TPSA) is 88.5 Å². The number of anilines is 3. The molecule has 1 aliphatic heterocycles. The molecule has 2 heterocycles. The summed E-state index contributed by atoms with van der Waals surface area (Å²) in [6, 6.07) is 14.5. The molecule has 29 heavy (non-hydrogen) atoms. The maximum Gasteiger partial charge on any atom is 0.229 e. The number of ether oxygens (including phenoxy) is 2. The van der Waals surface area contributed by atoms with Crippen LogP contribution in [-0.4, -0.2) is 34.8 Å². The molecule has 1 aromatic heterocycles. The second-order valence-corrected chi connectivity index (χ2v) is 6.87. The number of aromatic nitrogens is 2. The first-order valence-corrected chi connectivity index (χ1v) is 9.22. The number of nitrogens with one attached hydrogen (secondary N) is 2. The number of hydrogen-bond donors (Lipinski definition) is 3. The van der Waals surface area contributed by atoms with Crippen molar-refractivity contribution in [2.24, 2.45) is 0 Å². The molecule has 0 fully saturated rings. The van der Waals surface area contributed by atoms with E-state index in [2.05, 4.69) is 20.6 Å². The van der Waals surface area contributed by atoms with Gasteiger partial charge in [0.25, 0.3) is 0 Å². The van der Waals surface area contributed by atoms with E-state index in [1.165, 1.54) is 0 Å². The van der Waals surface area contributed by atoms with E-state index in [0.29, 0.717) is 30.4 Å². The van der Waals surface area contributed by atoms with Crippen molar-refractivity contribution in [3.63, 3.8) is 0 Å². The lowest BCUT2D eigenvalue weighted by molar-refractivity contribution is 0.0714. The normalized spacial score (nSPS) is 14.7. The van der Waals surface area contributed by atoms with Crippen LogP contribution < -0.4 is 20.1 Å². The first-order valence-electron chi connectivity index (χ1n) is 9.22. The van der Waals surface area contributed by atoms with E-state index in [4.69, 9.17) is 9.47 Å². The summed E-state index contributed by atoms with van der Waals surface area (Å²) in [4.78, 5) is 8.16. The minimum atomic E-state index is -1.19. The SMILES string of the molecule is C[C@](O)(CNc1nc(Nc2ccc3c(c2)OCCO3)ncc1F)c1ccccc1. The van der Waals surface area contributed by atoms with Gasteiger partial charge >= 0.3 is 0 Å². The zero-order chi connectivity index (χ0) is 20.3. The summed E-state index contributed by atoms with van der Waals surface area (Å²) < 4.78 is 25.2. The molecule has 0 aliphatic carbocycles. The lowest BCUT2D eigenvalue weighted by atomic mass is 9.96. The average molecular weight is 396 g/mol. The van der Waals surface area contributed by atoms with Crippen molar-refractivity contribution in [3.05, 3.63) is 66.1 Å². The fraction of sp³-hybridized carbons (Fsp3) is 0.238. The summed E-state index contributed by atoms with van der Waals surface area (Å²) in [5.74, 6) is 0.899. The molecule has 8 heteroatoms.